The standard InChI is InChI=1S/C9H12N4.ClH/c1-8-12(2)10-11-13(8)9-6-4-3-5-7-9;/h3-8H,1-2H3;1H. The van der Waals surface area contributed by atoms with Gasteiger partial charge in [0, 0.05) is 7.05 Å². The van der Waals surface area contributed by atoms with Crippen LogP contribution in [0.15, 0.2) is 40.8 Å². The lowest BCUT2D eigenvalue weighted by Crippen LogP contribution is -2.33. The van der Waals surface area contributed by atoms with Gasteiger partial charge in [-0.25, -0.2) is 5.01 Å². The molecule has 0 fully saturated rings. The number of anilines is 1. The summed E-state index contributed by atoms with van der Waals surface area (Å²) < 4.78 is 0. The highest BCUT2D eigenvalue weighted by molar-refractivity contribution is 5.85. The Morgan fingerprint density at radius 3 is 2.29 bits per heavy atom. The summed E-state index contributed by atoms with van der Waals surface area (Å²) in [6, 6.07) is 10.0. The van der Waals surface area contributed by atoms with Crippen molar-refractivity contribution >= 4 is 18.1 Å². The number of halogens is 1. The van der Waals surface area contributed by atoms with Crippen LogP contribution in [-0.4, -0.2) is 18.2 Å². The van der Waals surface area contributed by atoms with Crippen LogP contribution in [-0.2, 0) is 0 Å². The van der Waals surface area contributed by atoms with E-state index in [-0.39, 0.29) is 18.6 Å². The van der Waals surface area contributed by atoms with Gasteiger partial charge < -0.3 is 0 Å². The van der Waals surface area contributed by atoms with Crippen LogP contribution in [0.25, 0.3) is 0 Å². The van der Waals surface area contributed by atoms with Crippen LogP contribution in [0.4, 0.5) is 5.69 Å². The van der Waals surface area contributed by atoms with Gasteiger partial charge in [0.15, 0.2) is 0 Å². The Kier molecular flexibility index (Phi) is 3.30. The van der Waals surface area contributed by atoms with E-state index >= 15 is 0 Å². The average Bonchev–Trinajstić information content (AvgIpc) is 2.49. The van der Waals surface area contributed by atoms with Crippen molar-refractivity contribution in [2.75, 3.05) is 12.1 Å². The number of rotatable bonds is 1. The first-order valence-electron chi connectivity index (χ1n) is 4.28. The molecule has 0 spiro atoms. The lowest BCUT2D eigenvalue weighted by atomic mass is 10.3. The minimum Gasteiger partial charge on any atom is -0.256 e. The highest BCUT2D eigenvalue weighted by atomic mass is 35.5. The molecule has 2 rings (SSSR count). The van der Waals surface area contributed by atoms with Crippen LogP contribution < -0.4 is 5.01 Å². The second kappa shape index (κ2) is 4.28. The number of para-hydroxylation sites is 1. The summed E-state index contributed by atoms with van der Waals surface area (Å²) in [5.41, 5.74) is 1.07. The molecule has 0 radical (unpaired) electrons. The van der Waals surface area contributed by atoms with E-state index in [4.69, 9.17) is 0 Å². The minimum atomic E-state index is 0. The quantitative estimate of drug-likeness (QED) is 0.716. The molecule has 0 aliphatic carbocycles. The monoisotopic (exact) mass is 212 g/mol. The normalized spacial score (nSPS) is 19.7. The molecule has 0 aromatic heterocycles. The van der Waals surface area contributed by atoms with Crippen LogP contribution in [0, 0.1) is 0 Å². The molecule has 1 aromatic rings. The summed E-state index contributed by atoms with van der Waals surface area (Å²) in [6.45, 7) is 2.06. The van der Waals surface area contributed by atoms with Crippen molar-refractivity contribution in [1.29, 1.82) is 0 Å². The molecule has 4 nitrogen and oxygen atoms in total. The van der Waals surface area contributed by atoms with Gasteiger partial charge in [0.25, 0.3) is 0 Å². The van der Waals surface area contributed by atoms with E-state index in [1.54, 1.807) is 0 Å². The summed E-state index contributed by atoms with van der Waals surface area (Å²) in [5.74, 6) is 0. The Morgan fingerprint density at radius 1 is 1.14 bits per heavy atom. The van der Waals surface area contributed by atoms with E-state index < -0.39 is 0 Å². The van der Waals surface area contributed by atoms with Gasteiger partial charge in [-0.1, -0.05) is 23.4 Å². The van der Waals surface area contributed by atoms with Crippen LogP contribution in [0.5, 0.6) is 0 Å². The molecule has 1 aliphatic heterocycles. The first-order valence-corrected chi connectivity index (χ1v) is 4.28. The zero-order valence-electron chi connectivity index (χ0n) is 8.16. The highest BCUT2D eigenvalue weighted by Crippen LogP contribution is 2.22. The second-order valence-corrected chi connectivity index (χ2v) is 3.06. The predicted octanol–water partition coefficient (Wildman–Crippen LogP) is 2.49. The molecule has 1 aliphatic rings. The van der Waals surface area contributed by atoms with Crippen molar-refractivity contribution in [2.24, 2.45) is 10.4 Å². The van der Waals surface area contributed by atoms with E-state index in [0.29, 0.717) is 0 Å². The van der Waals surface area contributed by atoms with Crippen molar-refractivity contribution in [2.45, 2.75) is 13.1 Å². The molecule has 0 bridgehead atoms. The zero-order chi connectivity index (χ0) is 9.26. The van der Waals surface area contributed by atoms with Crippen LogP contribution in [0.2, 0.25) is 0 Å². The molecule has 0 saturated heterocycles. The number of benzene rings is 1. The van der Waals surface area contributed by atoms with Gasteiger partial charge in [-0.3, -0.25) is 5.01 Å². The smallest absolute Gasteiger partial charge is 0.139 e. The lowest BCUT2D eigenvalue weighted by Gasteiger charge is -2.21. The van der Waals surface area contributed by atoms with Gasteiger partial charge in [-0.2, -0.15) is 0 Å². The van der Waals surface area contributed by atoms with Gasteiger partial charge in [0.1, 0.15) is 6.17 Å². The molecule has 1 aromatic carbocycles. The summed E-state index contributed by atoms with van der Waals surface area (Å²) >= 11 is 0. The van der Waals surface area contributed by atoms with Gasteiger partial charge in [-0.15, -0.1) is 12.4 Å². The largest absolute Gasteiger partial charge is 0.256 e. The second-order valence-electron chi connectivity index (χ2n) is 3.06. The molecular weight excluding hydrogens is 200 g/mol. The molecule has 0 amide bonds. The molecule has 0 N–H and O–H groups in total. The molecule has 76 valence electrons. The predicted molar refractivity (Wildman–Crippen MR) is 58.3 cm³/mol. The number of hydrogen-bond donors (Lipinski definition) is 0. The number of nitrogens with zero attached hydrogens (tertiary/aromatic N) is 4. The van der Waals surface area contributed by atoms with Gasteiger partial charge >= 0.3 is 0 Å². The summed E-state index contributed by atoms with van der Waals surface area (Å²) in [5, 5.41) is 11.7. The van der Waals surface area contributed by atoms with Gasteiger partial charge in [0.05, 0.1) is 5.69 Å². The third-order valence-corrected chi connectivity index (χ3v) is 2.19. The van der Waals surface area contributed by atoms with E-state index in [1.807, 2.05) is 47.4 Å². The molecule has 0 saturated carbocycles. The fourth-order valence-corrected chi connectivity index (χ4v) is 1.26. The van der Waals surface area contributed by atoms with Crippen molar-refractivity contribution in [3.63, 3.8) is 0 Å². The van der Waals surface area contributed by atoms with Gasteiger partial charge in [-0.05, 0) is 24.3 Å². The molecule has 5 heteroatoms. The summed E-state index contributed by atoms with van der Waals surface area (Å²) in [4.78, 5) is 0. The first-order chi connectivity index (χ1) is 6.29. The van der Waals surface area contributed by atoms with Crippen molar-refractivity contribution in [3.05, 3.63) is 30.3 Å². The molecule has 1 heterocycles. The van der Waals surface area contributed by atoms with Crippen molar-refractivity contribution in [1.82, 2.24) is 5.01 Å². The summed E-state index contributed by atoms with van der Waals surface area (Å²) in [6.07, 6.45) is 0.197. The van der Waals surface area contributed by atoms with E-state index in [2.05, 4.69) is 17.4 Å². The maximum absolute atomic E-state index is 4.05. The topological polar surface area (TPSA) is 31.2 Å². The molecular formula is C9H13ClN4. The fourth-order valence-electron chi connectivity index (χ4n) is 1.26. The van der Waals surface area contributed by atoms with E-state index in [0.717, 1.165) is 5.69 Å². The maximum atomic E-state index is 4.05. The lowest BCUT2D eigenvalue weighted by molar-refractivity contribution is 0.303. The Hall–Kier alpha value is -1.29. The molecule has 1 atom stereocenters. The zero-order valence-corrected chi connectivity index (χ0v) is 8.98. The fraction of sp³-hybridized carbons (Fsp3) is 0.333. The van der Waals surface area contributed by atoms with Crippen molar-refractivity contribution < 1.29 is 0 Å². The van der Waals surface area contributed by atoms with E-state index in [1.165, 1.54) is 0 Å². The molecule has 14 heavy (non-hydrogen) atoms. The summed E-state index contributed by atoms with van der Waals surface area (Å²) in [7, 11) is 1.91. The van der Waals surface area contributed by atoms with Gasteiger partial charge in [0.2, 0.25) is 0 Å². The maximum Gasteiger partial charge on any atom is 0.139 e. The third-order valence-electron chi connectivity index (χ3n) is 2.19. The SMILES string of the molecule is CC1N(C)N=NN1c1ccccc1.Cl. The Balaban J connectivity index is 0.000000980. The van der Waals surface area contributed by atoms with E-state index in [9.17, 15) is 0 Å². The minimum absolute atomic E-state index is 0. The Labute approximate surface area is 89.6 Å². The van der Waals surface area contributed by atoms with Crippen molar-refractivity contribution in [3.8, 4) is 0 Å². The Morgan fingerprint density at radius 2 is 1.79 bits per heavy atom. The van der Waals surface area contributed by atoms with Crippen LogP contribution in [0.3, 0.4) is 0 Å². The first kappa shape index (κ1) is 10.8. The third kappa shape index (κ3) is 1.80. The Bertz CT molecular complexity index is 314. The highest BCUT2D eigenvalue weighted by Gasteiger charge is 2.22. The van der Waals surface area contributed by atoms with Crippen LogP contribution >= 0.6 is 12.4 Å². The average molecular weight is 213 g/mol. The molecule has 1 unspecified atom stereocenters. The van der Waals surface area contributed by atoms with Crippen LogP contribution in [0.1, 0.15) is 6.92 Å². The number of hydrogen-bond acceptors (Lipinski definition) is 4.